The summed E-state index contributed by atoms with van der Waals surface area (Å²) in [5, 5.41) is 14.5. The average molecular weight is 331 g/mol. The summed E-state index contributed by atoms with van der Waals surface area (Å²) in [6, 6.07) is -0.138. The number of aromatic amines is 2. The number of hydrogen-bond acceptors (Lipinski definition) is 4. The van der Waals surface area contributed by atoms with E-state index in [1.54, 1.807) is 11.1 Å². The van der Waals surface area contributed by atoms with Crippen molar-refractivity contribution in [1.82, 2.24) is 25.3 Å². The van der Waals surface area contributed by atoms with Crippen molar-refractivity contribution in [3.8, 4) is 0 Å². The standard InChI is InChI=1S/C17H25N5O2/c1-10-8-18-20-13(10)12-6-7-22(16(23)24-17(3,4)5)15(12)14-11(2)9-19-21-14/h8-9,12,15H,6-7H2,1-5H3,(H,18,20)(H,19,21). The van der Waals surface area contributed by atoms with Gasteiger partial charge in [0.2, 0.25) is 0 Å². The monoisotopic (exact) mass is 331 g/mol. The van der Waals surface area contributed by atoms with Crippen LogP contribution in [0.5, 0.6) is 0 Å². The van der Waals surface area contributed by atoms with Crippen LogP contribution in [0.2, 0.25) is 0 Å². The Morgan fingerprint density at radius 2 is 1.75 bits per heavy atom. The second kappa shape index (κ2) is 5.96. The van der Waals surface area contributed by atoms with Crippen LogP contribution in [0.4, 0.5) is 4.79 Å². The molecule has 0 spiro atoms. The fourth-order valence-electron chi connectivity index (χ4n) is 3.36. The normalized spacial score (nSPS) is 21.3. The summed E-state index contributed by atoms with van der Waals surface area (Å²) in [4.78, 5) is 14.5. The molecule has 2 aromatic rings. The molecule has 3 rings (SSSR count). The van der Waals surface area contributed by atoms with Gasteiger partial charge in [-0.15, -0.1) is 0 Å². The summed E-state index contributed by atoms with van der Waals surface area (Å²) in [5.41, 5.74) is 3.65. The van der Waals surface area contributed by atoms with Gasteiger partial charge in [-0.25, -0.2) is 4.79 Å². The highest BCUT2D eigenvalue weighted by molar-refractivity contribution is 5.69. The van der Waals surface area contributed by atoms with E-state index < -0.39 is 5.60 Å². The predicted octanol–water partition coefficient (Wildman–Crippen LogP) is 3.22. The number of rotatable bonds is 2. The summed E-state index contributed by atoms with van der Waals surface area (Å²) < 4.78 is 5.61. The Balaban J connectivity index is 1.97. The van der Waals surface area contributed by atoms with Crippen molar-refractivity contribution in [3.05, 3.63) is 34.9 Å². The zero-order chi connectivity index (χ0) is 17.5. The first kappa shape index (κ1) is 16.5. The smallest absolute Gasteiger partial charge is 0.410 e. The molecule has 0 aromatic carbocycles. The summed E-state index contributed by atoms with van der Waals surface area (Å²) in [6.07, 6.45) is 4.17. The second-order valence-electron chi connectivity index (χ2n) is 7.45. The van der Waals surface area contributed by atoms with Crippen LogP contribution in [-0.4, -0.2) is 43.5 Å². The van der Waals surface area contributed by atoms with E-state index in [4.69, 9.17) is 4.74 Å². The van der Waals surface area contributed by atoms with E-state index in [0.717, 1.165) is 28.9 Å². The lowest BCUT2D eigenvalue weighted by molar-refractivity contribution is 0.0213. The zero-order valence-electron chi connectivity index (χ0n) is 14.9. The van der Waals surface area contributed by atoms with Gasteiger partial charge in [0.15, 0.2) is 0 Å². The molecule has 130 valence electrons. The minimum atomic E-state index is -0.521. The Labute approximate surface area is 141 Å². The maximum atomic E-state index is 12.7. The number of likely N-dealkylation sites (tertiary alicyclic amines) is 1. The van der Waals surface area contributed by atoms with Crippen molar-refractivity contribution < 1.29 is 9.53 Å². The van der Waals surface area contributed by atoms with Crippen molar-refractivity contribution >= 4 is 6.09 Å². The molecule has 2 N–H and O–H groups in total. The molecule has 1 aliphatic heterocycles. The Morgan fingerprint density at radius 1 is 1.17 bits per heavy atom. The maximum Gasteiger partial charge on any atom is 0.410 e. The molecule has 7 heteroatoms. The molecule has 1 amide bonds. The lowest BCUT2D eigenvalue weighted by Crippen LogP contribution is -2.37. The van der Waals surface area contributed by atoms with Crippen molar-refractivity contribution in [3.63, 3.8) is 0 Å². The van der Waals surface area contributed by atoms with Gasteiger partial charge in [0, 0.05) is 18.2 Å². The number of H-pyrrole nitrogens is 2. The number of aryl methyl sites for hydroxylation is 2. The van der Waals surface area contributed by atoms with E-state index in [9.17, 15) is 4.79 Å². The van der Waals surface area contributed by atoms with Gasteiger partial charge in [0.25, 0.3) is 0 Å². The minimum Gasteiger partial charge on any atom is -0.444 e. The fourth-order valence-corrected chi connectivity index (χ4v) is 3.36. The molecule has 24 heavy (non-hydrogen) atoms. The van der Waals surface area contributed by atoms with Crippen LogP contribution in [0, 0.1) is 13.8 Å². The fraction of sp³-hybridized carbons (Fsp3) is 0.588. The van der Waals surface area contributed by atoms with E-state index in [-0.39, 0.29) is 18.1 Å². The molecule has 2 atom stereocenters. The maximum absolute atomic E-state index is 12.7. The molecule has 2 unspecified atom stereocenters. The third kappa shape index (κ3) is 3.02. The molecule has 7 nitrogen and oxygen atoms in total. The van der Waals surface area contributed by atoms with Crippen molar-refractivity contribution in [1.29, 1.82) is 0 Å². The average Bonchev–Trinajstić information content (AvgIpc) is 3.15. The first-order valence-corrected chi connectivity index (χ1v) is 8.27. The largest absolute Gasteiger partial charge is 0.444 e. The van der Waals surface area contributed by atoms with Gasteiger partial charge < -0.3 is 4.74 Å². The van der Waals surface area contributed by atoms with Crippen molar-refractivity contribution in [2.45, 2.75) is 58.6 Å². The molecule has 1 aliphatic rings. The second-order valence-corrected chi connectivity index (χ2v) is 7.45. The highest BCUT2D eigenvalue weighted by atomic mass is 16.6. The molecule has 0 aliphatic carbocycles. The molecule has 0 saturated carbocycles. The lowest BCUT2D eigenvalue weighted by atomic mass is 9.91. The van der Waals surface area contributed by atoms with E-state index in [2.05, 4.69) is 20.4 Å². The number of carbonyl (C=O) groups is 1. The molecule has 0 bridgehead atoms. The Morgan fingerprint density at radius 3 is 2.25 bits per heavy atom. The Bertz CT molecular complexity index is 727. The Hall–Kier alpha value is -2.31. The molecule has 2 aromatic heterocycles. The Kier molecular flexibility index (Phi) is 4.11. The topological polar surface area (TPSA) is 86.9 Å². The van der Waals surface area contributed by atoms with Crippen LogP contribution in [0.3, 0.4) is 0 Å². The third-order valence-electron chi connectivity index (χ3n) is 4.43. The summed E-state index contributed by atoms with van der Waals surface area (Å²) in [5.74, 6) is 0.138. The van der Waals surface area contributed by atoms with Gasteiger partial charge >= 0.3 is 6.09 Å². The van der Waals surface area contributed by atoms with E-state index in [1.165, 1.54) is 0 Å². The van der Waals surface area contributed by atoms with Gasteiger partial charge in [0.05, 0.1) is 24.1 Å². The number of ether oxygens (including phenoxy) is 1. The van der Waals surface area contributed by atoms with Crippen molar-refractivity contribution in [2.24, 2.45) is 0 Å². The predicted molar refractivity (Wildman–Crippen MR) is 89.7 cm³/mol. The van der Waals surface area contributed by atoms with Crippen molar-refractivity contribution in [2.75, 3.05) is 6.54 Å². The first-order valence-electron chi connectivity index (χ1n) is 8.27. The van der Waals surface area contributed by atoms with Gasteiger partial charge in [0.1, 0.15) is 5.60 Å². The molecule has 3 heterocycles. The summed E-state index contributed by atoms with van der Waals surface area (Å²) in [7, 11) is 0. The number of nitrogens with zero attached hydrogens (tertiary/aromatic N) is 3. The lowest BCUT2D eigenvalue weighted by Gasteiger charge is -2.30. The van der Waals surface area contributed by atoms with Gasteiger partial charge in [-0.05, 0) is 52.2 Å². The number of hydrogen-bond donors (Lipinski definition) is 2. The quantitative estimate of drug-likeness (QED) is 0.884. The van der Waals surface area contributed by atoms with Gasteiger partial charge in [-0.2, -0.15) is 10.2 Å². The SMILES string of the molecule is Cc1cn[nH]c1C1CCN(C(=O)OC(C)(C)C)C1c1[nH]ncc1C. The van der Waals surface area contributed by atoms with E-state index in [1.807, 2.05) is 40.8 Å². The van der Waals surface area contributed by atoms with E-state index >= 15 is 0 Å². The van der Waals surface area contributed by atoms with Gasteiger partial charge in [-0.3, -0.25) is 15.1 Å². The number of nitrogens with one attached hydrogen (secondary N) is 2. The number of amides is 1. The zero-order valence-corrected chi connectivity index (χ0v) is 14.9. The molecule has 0 radical (unpaired) electrons. The molecular weight excluding hydrogens is 306 g/mol. The molecular formula is C17H25N5O2. The van der Waals surface area contributed by atoms with Crippen LogP contribution in [0.25, 0.3) is 0 Å². The van der Waals surface area contributed by atoms with Crippen LogP contribution < -0.4 is 0 Å². The van der Waals surface area contributed by atoms with Crippen LogP contribution in [0.1, 0.15) is 61.7 Å². The minimum absolute atomic E-state index is 0.138. The summed E-state index contributed by atoms with van der Waals surface area (Å²) in [6.45, 7) is 10.3. The number of aromatic nitrogens is 4. The van der Waals surface area contributed by atoms with E-state index in [0.29, 0.717) is 6.54 Å². The van der Waals surface area contributed by atoms with Crippen LogP contribution in [0.15, 0.2) is 12.4 Å². The molecule has 1 saturated heterocycles. The van der Waals surface area contributed by atoms with Crippen LogP contribution in [-0.2, 0) is 4.74 Å². The van der Waals surface area contributed by atoms with Crippen LogP contribution >= 0.6 is 0 Å². The van der Waals surface area contributed by atoms with Gasteiger partial charge in [-0.1, -0.05) is 0 Å². The summed E-state index contributed by atoms with van der Waals surface area (Å²) >= 11 is 0. The first-order chi connectivity index (χ1) is 11.3. The highest BCUT2D eigenvalue weighted by Crippen LogP contribution is 2.44. The molecule has 1 fully saturated rings. The third-order valence-corrected chi connectivity index (χ3v) is 4.43. The number of carbonyl (C=O) groups excluding carboxylic acids is 1. The highest BCUT2D eigenvalue weighted by Gasteiger charge is 2.43.